The number of nitrogens with one attached hydrogen (secondary N) is 1. The number of nitrogens with zero attached hydrogens (tertiary/aromatic N) is 2. The van der Waals surface area contributed by atoms with Crippen molar-refractivity contribution in [2.24, 2.45) is 4.99 Å². The largest absolute Gasteiger partial charge is 0.375 e. The molecule has 0 atom stereocenters. The van der Waals surface area contributed by atoms with Crippen molar-refractivity contribution in [2.45, 2.75) is 32.1 Å². The van der Waals surface area contributed by atoms with Gasteiger partial charge in [0, 0.05) is 24.7 Å². The number of ether oxygens (including phenoxy) is 1. The van der Waals surface area contributed by atoms with Crippen molar-refractivity contribution in [1.29, 1.82) is 0 Å². The fourth-order valence-corrected chi connectivity index (χ4v) is 4.36. The molecular weight excluding hydrogens is 501 g/mol. The molecule has 1 aromatic rings. The summed E-state index contributed by atoms with van der Waals surface area (Å²) in [5.41, 5.74) is 1.02. The number of rotatable bonds is 6. The van der Waals surface area contributed by atoms with Crippen LogP contribution in [-0.4, -0.2) is 62.6 Å². The summed E-state index contributed by atoms with van der Waals surface area (Å²) < 4.78 is 29.2. The fraction of sp³-hybridized carbons (Fsp3) is 0.611. The molecule has 1 aliphatic rings. The monoisotopic (exact) mass is 529 g/mol. The van der Waals surface area contributed by atoms with Crippen LogP contribution in [0.15, 0.2) is 29.3 Å². The van der Waals surface area contributed by atoms with Crippen LogP contribution in [0.3, 0.4) is 0 Å². The van der Waals surface area contributed by atoms with Gasteiger partial charge in [-0.1, -0.05) is 23.7 Å². The normalized spacial score (nSPS) is 18.7. The Morgan fingerprint density at radius 2 is 2.15 bits per heavy atom. The van der Waals surface area contributed by atoms with E-state index in [0.717, 1.165) is 18.1 Å². The van der Waals surface area contributed by atoms with Crippen molar-refractivity contribution < 1.29 is 13.2 Å². The molecule has 1 N–H and O–H groups in total. The molecule has 154 valence electrons. The second-order valence-corrected chi connectivity index (χ2v) is 10.1. The summed E-state index contributed by atoms with van der Waals surface area (Å²) in [4.78, 5) is 6.60. The molecule has 2 rings (SSSR count). The first-order chi connectivity index (χ1) is 12.2. The van der Waals surface area contributed by atoms with Crippen LogP contribution in [0.25, 0.3) is 0 Å². The van der Waals surface area contributed by atoms with Crippen LogP contribution in [0.4, 0.5) is 0 Å². The van der Waals surface area contributed by atoms with Gasteiger partial charge in [0.05, 0.1) is 30.3 Å². The van der Waals surface area contributed by atoms with Gasteiger partial charge in [0.25, 0.3) is 0 Å². The molecule has 1 aromatic carbocycles. The third kappa shape index (κ3) is 7.07. The second kappa shape index (κ2) is 10.8. The smallest absolute Gasteiger partial charge is 0.194 e. The third-order valence-corrected chi connectivity index (χ3v) is 7.10. The molecule has 1 saturated heterocycles. The first kappa shape index (κ1) is 24.5. The quantitative estimate of drug-likeness (QED) is 0.266. The maximum absolute atomic E-state index is 12.2. The van der Waals surface area contributed by atoms with E-state index in [4.69, 9.17) is 16.3 Å². The summed E-state index contributed by atoms with van der Waals surface area (Å²) in [6, 6.07) is 7.58. The summed E-state index contributed by atoms with van der Waals surface area (Å²) >= 11 is 5.96. The first-order valence-corrected chi connectivity index (χ1v) is 10.9. The van der Waals surface area contributed by atoms with Gasteiger partial charge in [-0.3, -0.25) is 4.99 Å². The molecule has 0 saturated carbocycles. The lowest BCUT2D eigenvalue weighted by molar-refractivity contribution is 0.128. The molecule has 9 heteroatoms. The van der Waals surface area contributed by atoms with E-state index in [-0.39, 0.29) is 29.7 Å². The van der Waals surface area contributed by atoms with Gasteiger partial charge in [0.1, 0.15) is 0 Å². The number of hydrogen-bond acceptors (Lipinski definition) is 4. The van der Waals surface area contributed by atoms with E-state index in [9.17, 15) is 8.42 Å². The van der Waals surface area contributed by atoms with Gasteiger partial charge >= 0.3 is 0 Å². The number of benzene rings is 1. The lowest BCUT2D eigenvalue weighted by atomic mass is 10.2. The SMILES string of the molecule is CCNC(=NCCOCc1cccc(Cl)c1)N1CCS(=O)(=O)C(C)(C)C1.I. The minimum atomic E-state index is -3.07. The van der Waals surface area contributed by atoms with E-state index in [1.807, 2.05) is 36.1 Å². The molecule has 27 heavy (non-hydrogen) atoms. The Kier molecular flexibility index (Phi) is 9.81. The zero-order valence-electron chi connectivity index (χ0n) is 16.1. The zero-order valence-corrected chi connectivity index (χ0v) is 20.0. The van der Waals surface area contributed by atoms with Crippen LogP contribution < -0.4 is 5.32 Å². The van der Waals surface area contributed by atoms with Gasteiger partial charge < -0.3 is 15.0 Å². The molecule has 0 aromatic heterocycles. The molecule has 0 radical (unpaired) electrons. The number of guanidine groups is 1. The van der Waals surface area contributed by atoms with E-state index < -0.39 is 14.6 Å². The van der Waals surface area contributed by atoms with Crippen molar-refractivity contribution in [1.82, 2.24) is 10.2 Å². The minimum Gasteiger partial charge on any atom is -0.375 e. The summed E-state index contributed by atoms with van der Waals surface area (Å²) in [5, 5.41) is 3.94. The van der Waals surface area contributed by atoms with Gasteiger partial charge in [0.15, 0.2) is 15.8 Å². The average Bonchev–Trinajstić information content (AvgIpc) is 2.56. The molecule has 0 aliphatic carbocycles. The predicted molar refractivity (Wildman–Crippen MR) is 122 cm³/mol. The fourth-order valence-electron chi connectivity index (χ4n) is 2.78. The Bertz CT molecular complexity index is 741. The van der Waals surface area contributed by atoms with Crippen LogP contribution >= 0.6 is 35.6 Å². The Labute approximate surface area is 184 Å². The van der Waals surface area contributed by atoms with Gasteiger partial charge in [-0.15, -0.1) is 24.0 Å². The van der Waals surface area contributed by atoms with Crippen LogP contribution in [0.1, 0.15) is 26.3 Å². The summed E-state index contributed by atoms with van der Waals surface area (Å²) in [6.45, 7) is 8.64. The number of halogens is 2. The second-order valence-electron chi connectivity index (χ2n) is 6.92. The summed E-state index contributed by atoms with van der Waals surface area (Å²) in [7, 11) is -3.07. The number of aliphatic imine (C=N–C) groups is 1. The standard InChI is InChI=1S/C18H28ClN3O3S.HI/c1-4-20-17(22-9-11-26(23,24)18(2,3)14-22)21-8-10-25-13-15-6-5-7-16(19)12-15;/h5-7,12H,4,8-11,13-14H2,1-3H3,(H,20,21);1H. The van der Waals surface area contributed by atoms with Crippen molar-refractivity contribution in [3.8, 4) is 0 Å². The minimum absolute atomic E-state index is 0. The van der Waals surface area contributed by atoms with Crippen LogP contribution in [-0.2, 0) is 21.2 Å². The number of hydrogen-bond donors (Lipinski definition) is 1. The highest BCUT2D eigenvalue weighted by Crippen LogP contribution is 2.23. The van der Waals surface area contributed by atoms with Gasteiger partial charge in [-0.05, 0) is 38.5 Å². The molecule has 6 nitrogen and oxygen atoms in total. The molecule has 1 aliphatic heterocycles. The maximum atomic E-state index is 12.2. The van der Waals surface area contributed by atoms with Gasteiger partial charge in [0.2, 0.25) is 0 Å². The van der Waals surface area contributed by atoms with Gasteiger partial charge in [-0.25, -0.2) is 8.42 Å². The van der Waals surface area contributed by atoms with E-state index >= 15 is 0 Å². The van der Waals surface area contributed by atoms with Crippen LogP contribution in [0.5, 0.6) is 0 Å². The van der Waals surface area contributed by atoms with Crippen molar-refractivity contribution >= 4 is 51.4 Å². The zero-order chi connectivity index (χ0) is 19.2. The van der Waals surface area contributed by atoms with E-state index in [1.54, 1.807) is 13.8 Å². The van der Waals surface area contributed by atoms with E-state index in [0.29, 0.717) is 37.9 Å². The third-order valence-electron chi connectivity index (χ3n) is 4.33. The van der Waals surface area contributed by atoms with E-state index in [1.165, 1.54) is 0 Å². The maximum Gasteiger partial charge on any atom is 0.194 e. The predicted octanol–water partition coefficient (Wildman–Crippen LogP) is 2.95. The lowest BCUT2D eigenvalue weighted by Gasteiger charge is -2.39. The van der Waals surface area contributed by atoms with Crippen LogP contribution in [0, 0.1) is 0 Å². The Balaban J connectivity index is 0.00000364. The highest BCUT2D eigenvalue weighted by molar-refractivity contribution is 14.0. The van der Waals surface area contributed by atoms with E-state index in [2.05, 4.69) is 10.3 Å². The first-order valence-electron chi connectivity index (χ1n) is 8.83. The Hall–Kier alpha value is -0.580. The number of sulfone groups is 1. The van der Waals surface area contributed by atoms with Crippen molar-refractivity contribution in [3.63, 3.8) is 0 Å². The molecule has 0 unspecified atom stereocenters. The summed E-state index contributed by atoms with van der Waals surface area (Å²) in [5.74, 6) is 0.886. The molecule has 0 bridgehead atoms. The highest BCUT2D eigenvalue weighted by atomic mass is 127. The van der Waals surface area contributed by atoms with Crippen molar-refractivity contribution in [2.75, 3.05) is 38.5 Å². The van der Waals surface area contributed by atoms with Crippen LogP contribution in [0.2, 0.25) is 5.02 Å². The Morgan fingerprint density at radius 3 is 2.78 bits per heavy atom. The van der Waals surface area contributed by atoms with Crippen molar-refractivity contribution in [3.05, 3.63) is 34.9 Å². The molecule has 0 spiro atoms. The summed E-state index contributed by atoms with van der Waals surface area (Å²) in [6.07, 6.45) is 0. The molecule has 1 heterocycles. The lowest BCUT2D eigenvalue weighted by Crippen LogP contribution is -2.57. The molecule has 1 fully saturated rings. The Morgan fingerprint density at radius 1 is 1.41 bits per heavy atom. The van der Waals surface area contributed by atoms with Gasteiger partial charge in [-0.2, -0.15) is 0 Å². The molecular formula is C18H29ClIN3O3S. The molecule has 0 amide bonds. The average molecular weight is 530 g/mol. The highest BCUT2D eigenvalue weighted by Gasteiger charge is 2.40. The topological polar surface area (TPSA) is 71.0 Å².